The van der Waals surface area contributed by atoms with E-state index >= 15 is 0 Å². The van der Waals surface area contributed by atoms with Crippen molar-refractivity contribution < 1.29 is 31.1 Å². The maximum atomic E-state index is 11.9. The molecule has 0 aromatic carbocycles. The van der Waals surface area contributed by atoms with Crippen LogP contribution in [-0.2, 0) is 4.74 Å². The average molecular weight is 253 g/mol. The smallest absolute Gasteiger partial charge is 0.361 e. The lowest BCUT2D eigenvalue weighted by Crippen LogP contribution is -2.44. The maximum absolute atomic E-state index is 11.9. The van der Waals surface area contributed by atoms with Crippen LogP contribution in [0.4, 0.5) is 26.3 Å². The molecule has 0 aliphatic rings. The largest absolute Gasteiger partial charge is 0.423 e. The Labute approximate surface area is 88.7 Å². The zero-order valence-corrected chi connectivity index (χ0v) is 8.37. The van der Waals surface area contributed by atoms with Crippen LogP contribution in [0.2, 0.25) is 0 Å². The molecule has 2 nitrogen and oxygen atoms in total. The summed E-state index contributed by atoms with van der Waals surface area (Å²) in [6.45, 7) is -0.230. The second-order valence-corrected chi connectivity index (χ2v) is 3.18. The number of ether oxygens (including phenoxy) is 1. The van der Waals surface area contributed by atoms with Gasteiger partial charge >= 0.3 is 12.4 Å². The van der Waals surface area contributed by atoms with E-state index in [9.17, 15) is 26.3 Å². The van der Waals surface area contributed by atoms with E-state index < -0.39 is 25.1 Å². The van der Waals surface area contributed by atoms with Crippen molar-refractivity contribution in [2.75, 3.05) is 13.2 Å². The molecular weight excluding hydrogens is 240 g/mol. The molecule has 0 aromatic heterocycles. The van der Waals surface area contributed by atoms with Crippen molar-refractivity contribution in [2.24, 2.45) is 5.73 Å². The van der Waals surface area contributed by atoms with Gasteiger partial charge in [0.25, 0.3) is 0 Å². The van der Waals surface area contributed by atoms with Gasteiger partial charge in [-0.25, -0.2) is 0 Å². The Morgan fingerprint density at radius 2 is 1.38 bits per heavy atom. The molecule has 0 aliphatic carbocycles. The molecule has 0 aromatic rings. The number of rotatable bonds is 6. The van der Waals surface area contributed by atoms with Crippen LogP contribution >= 0.6 is 0 Å². The minimum atomic E-state index is -5.42. The third-order valence-corrected chi connectivity index (χ3v) is 1.73. The second-order valence-electron chi connectivity index (χ2n) is 3.18. The summed E-state index contributed by atoms with van der Waals surface area (Å²) in [4.78, 5) is 0. The highest BCUT2D eigenvalue weighted by Gasteiger charge is 2.57. The van der Waals surface area contributed by atoms with E-state index in [1.165, 1.54) is 0 Å². The number of alkyl halides is 6. The van der Waals surface area contributed by atoms with Gasteiger partial charge in [0.1, 0.15) is 0 Å². The van der Waals surface area contributed by atoms with Crippen LogP contribution < -0.4 is 5.73 Å². The first-order valence-electron chi connectivity index (χ1n) is 4.64. The highest BCUT2D eigenvalue weighted by atomic mass is 19.4. The van der Waals surface area contributed by atoms with Crippen molar-refractivity contribution in [3.8, 4) is 0 Å². The molecule has 0 unspecified atom stereocenters. The molecule has 0 atom stereocenters. The first kappa shape index (κ1) is 15.5. The molecule has 0 aliphatic heterocycles. The lowest BCUT2D eigenvalue weighted by atomic mass is 10.2. The number of unbranched alkanes of at least 4 members (excludes halogenated alkanes) is 2. The van der Waals surface area contributed by atoms with E-state index in [1.807, 2.05) is 0 Å². The van der Waals surface area contributed by atoms with Crippen molar-refractivity contribution >= 4 is 0 Å². The normalized spacial score (nSPS) is 13.5. The fourth-order valence-electron chi connectivity index (χ4n) is 0.999. The third kappa shape index (κ3) is 6.16. The molecule has 0 fully saturated rings. The van der Waals surface area contributed by atoms with E-state index in [2.05, 4.69) is 4.74 Å². The van der Waals surface area contributed by atoms with Crippen molar-refractivity contribution in [3.63, 3.8) is 0 Å². The molecule has 0 rings (SSSR count). The van der Waals surface area contributed by atoms with E-state index in [1.54, 1.807) is 0 Å². The maximum Gasteiger partial charge on any atom is 0.423 e. The van der Waals surface area contributed by atoms with Gasteiger partial charge in [-0.1, -0.05) is 0 Å². The summed E-state index contributed by atoms with van der Waals surface area (Å²) in [5.41, 5.74) is 5.11. The molecule has 0 bridgehead atoms. The molecule has 0 amide bonds. The van der Waals surface area contributed by atoms with Gasteiger partial charge in [0.15, 0.2) is 0 Å². The van der Waals surface area contributed by atoms with Gasteiger partial charge < -0.3 is 10.5 Å². The fraction of sp³-hybridized carbons (Fsp3) is 1.00. The molecular formula is C8H13F6NO. The first-order chi connectivity index (χ1) is 7.19. The summed E-state index contributed by atoms with van der Waals surface area (Å²) in [5.74, 6) is 0. The second kappa shape index (κ2) is 6.29. The van der Waals surface area contributed by atoms with E-state index in [0.29, 0.717) is 19.4 Å². The predicted octanol–water partition coefficient (Wildman–Crippen LogP) is 2.63. The Bertz CT molecular complexity index is 176. The monoisotopic (exact) mass is 253 g/mol. The number of halogens is 6. The van der Waals surface area contributed by atoms with Crippen LogP contribution in [-0.4, -0.2) is 31.6 Å². The van der Waals surface area contributed by atoms with Gasteiger partial charge in [-0.15, -0.1) is 0 Å². The number of hydrogen-bond donors (Lipinski definition) is 1. The Hall–Kier alpha value is -0.500. The highest BCUT2D eigenvalue weighted by Crippen LogP contribution is 2.35. The Morgan fingerprint density at radius 3 is 1.75 bits per heavy atom. The van der Waals surface area contributed by atoms with Gasteiger partial charge in [-0.2, -0.15) is 26.3 Å². The number of hydrogen-bond acceptors (Lipinski definition) is 2. The summed E-state index contributed by atoms with van der Waals surface area (Å²) in [5, 5.41) is 0. The van der Waals surface area contributed by atoms with Crippen molar-refractivity contribution in [2.45, 2.75) is 37.7 Å². The minimum Gasteiger partial charge on any atom is -0.361 e. The Balaban J connectivity index is 4.06. The summed E-state index contributed by atoms with van der Waals surface area (Å²) in [6.07, 6.45) is -13.4. The van der Waals surface area contributed by atoms with Gasteiger partial charge in [-0.05, 0) is 25.8 Å². The van der Waals surface area contributed by atoms with Crippen LogP contribution in [0.5, 0.6) is 0 Å². The van der Waals surface area contributed by atoms with E-state index in [4.69, 9.17) is 5.73 Å². The van der Waals surface area contributed by atoms with Crippen LogP contribution in [0.1, 0.15) is 19.3 Å². The average Bonchev–Trinajstić information content (AvgIpc) is 2.06. The van der Waals surface area contributed by atoms with Crippen molar-refractivity contribution in [1.82, 2.24) is 0 Å². The summed E-state index contributed by atoms with van der Waals surface area (Å²) >= 11 is 0. The van der Waals surface area contributed by atoms with Crippen LogP contribution in [0.3, 0.4) is 0 Å². The van der Waals surface area contributed by atoms with E-state index in [-0.39, 0.29) is 6.42 Å². The van der Waals surface area contributed by atoms with Crippen LogP contribution in [0.25, 0.3) is 0 Å². The van der Waals surface area contributed by atoms with Crippen molar-refractivity contribution in [3.05, 3.63) is 0 Å². The van der Waals surface area contributed by atoms with Gasteiger partial charge in [0, 0.05) is 6.61 Å². The third-order valence-electron chi connectivity index (χ3n) is 1.73. The van der Waals surface area contributed by atoms with Crippen molar-refractivity contribution in [1.29, 1.82) is 0 Å². The topological polar surface area (TPSA) is 35.2 Å². The minimum absolute atomic E-state index is 0.125. The van der Waals surface area contributed by atoms with Gasteiger partial charge in [0.05, 0.1) is 0 Å². The highest BCUT2D eigenvalue weighted by molar-refractivity contribution is 4.75. The summed E-state index contributed by atoms with van der Waals surface area (Å²) in [7, 11) is 0. The van der Waals surface area contributed by atoms with Crippen LogP contribution in [0, 0.1) is 0 Å². The zero-order chi connectivity index (χ0) is 12.8. The standard InChI is InChI=1S/C8H13F6NO/c9-7(10,11)6(8(12,13)14)16-5-3-1-2-4-15/h6H,1-5,15H2. The molecule has 0 saturated carbocycles. The predicted molar refractivity (Wildman–Crippen MR) is 44.8 cm³/mol. The Morgan fingerprint density at radius 1 is 0.875 bits per heavy atom. The molecule has 98 valence electrons. The summed E-state index contributed by atoms with van der Waals surface area (Å²) in [6, 6.07) is 0. The SMILES string of the molecule is NCCCCCOC(C(F)(F)F)C(F)(F)F. The molecule has 16 heavy (non-hydrogen) atoms. The molecule has 8 heteroatoms. The lowest BCUT2D eigenvalue weighted by molar-refractivity contribution is -0.321. The molecule has 0 spiro atoms. The molecule has 0 saturated heterocycles. The first-order valence-corrected chi connectivity index (χ1v) is 4.64. The van der Waals surface area contributed by atoms with Gasteiger partial charge in [-0.3, -0.25) is 0 Å². The summed E-state index contributed by atoms with van der Waals surface area (Å²) < 4.78 is 75.4. The lowest BCUT2D eigenvalue weighted by Gasteiger charge is -2.22. The van der Waals surface area contributed by atoms with Crippen LogP contribution in [0.15, 0.2) is 0 Å². The molecule has 0 heterocycles. The zero-order valence-electron chi connectivity index (χ0n) is 8.37. The quantitative estimate of drug-likeness (QED) is 0.583. The Kier molecular flexibility index (Phi) is 6.09. The van der Waals surface area contributed by atoms with E-state index in [0.717, 1.165) is 0 Å². The fourth-order valence-corrected chi connectivity index (χ4v) is 0.999. The van der Waals surface area contributed by atoms with Gasteiger partial charge in [0.2, 0.25) is 6.10 Å². The molecule has 0 radical (unpaired) electrons. The molecule has 2 N–H and O–H groups in total. The number of nitrogens with two attached hydrogens (primary N) is 1.